The lowest BCUT2D eigenvalue weighted by Crippen LogP contribution is -2.15. The Morgan fingerprint density at radius 2 is 2.00 bits per heavy atom. The van der Waals surface area contributed by atoms with Crippen LogP contribution >= 0.6 is 0 Å². The van der Waals surface area contributed by atoms with Gasteiger partial charge in [0.1, 0.15) is 17.5 Å². The molecule has 3 N–H and O–H groups in total. The Balaban J connectivity index is 2.31. The molecular formula is C14H18N4O. The molecule has 2 rings (SSSR count). The summed E-state index contributed by atoms with van der Waals surface area (Å²) in [6.07, 6.45) is -0.130. The first-order chi connectivity index (χ1) is 9.00. The molecule has 1 aromatic heterocycles. The number of benzene rings is 1. The third kappa shape index (κ3) is 2.59. The van der Waals surface area contributed by atoms with Gasteiger partial charge in [-0.15, -0.1) is 0 Å². The van der Waals surface area contributed by atoms with Crippen LogP contribution in [0.2, 0.25) is 0 Å². The first-order valence-electron chi connectivity index (χ1n) is 6.10. The molecule has 1 atom stereocenters. The van der Waals surface area contributed by atoms with Crippen molar-refractivity contribution >= 4 is 5.84 Å². The van der Waals surface area contributed by atoms with Gasteiger partial charge in [0.2, 0.25) is 5.88 Å². The minimum absolute atomic E-state index is 0.0270. The van der Waals surface area contributed by atoms with Crippen molar-refractivity contribution in [2.24, 2.45) is 12.8 Å². The van der Waals surface area contributed by atoms with Crippen molar-refractivity contribution < 1.29 is 4.74 Å². The van der Waals surface area contributed by atoms with Gasteiger partial charge in [0.05, 0.1) is 5.69 Å². The summed E-state index contributed by atoms with van der Waals surface area (Å²) >= 11 is 0. The number of nitrogens with two attached hydrogens (primary N) is 1. The van der Waals surface area contributed by atoms with E-state index in [9.17, 15) is 0 Å². The van der Waals surface area contributed by atoms with Crippen molar-refractivity contribution in [1.29, 1.82) is 5.41 Å². The van der Waals surface area contributed by atoms with Crippen molar-refractivity contribution in [2.45, 2.75) is 20.0 Å². The normalized spacial score (nSPS) is 12.2. The maximum atomic E-state index is 7.62. The van der Waals surface area contributed by atoms with Crippen LogP contribution in [0.15, 0.2) is 30.3 Å². The number of nitrogen functional groups attached to an aromatic ring is 1. The van der Waals surface area contributed by atoms with E-state index >= 15 is 0 Å². The Kier molecular flexibility index (Phi) is 3.55. The monoisotopic (exact) mass is 258 g/mol. The molecule has 0 fully saturated rings. The van der Waals surface area contributed by atoms with Crippen LogP contribution < -0.4 is 10.5 Å². The van der Waals surface area contributed by atoms with E-state index in [1.807, 2.05) is 44.2 Å². The summed E-state index contributed by atoms with van der Waals surface area (Å²) in [7, 11) is 1.78. The molecule has 5 nitrogen and oxygen atoms in total. The number of rotatable bonds is 4. The smallest absolute Gasteiger partial charge is 0.223 e. The van der Waals surface area contributed by atoms with Gasteiger partial charge in [-0.25, -0.2) is 4.68 Å². The van der Waals surface area contributed by atoms with Crippen LogP contribution in [0.25, 0.3) is 0 Å². The summed E-state index contributed by atoms with van der Waals surface area (Å²) in [5.41, 5.74) is 7.92. The van der Waals surface area contributed by atoms with Crippen molar-refractivity contribution in [3.63, 3.8) is 0 Å². The van der Waals surface area contributed by atoms with Gasteiger partial charge in [0.25, 0.3) is 0 Å². The average Bonchev–Trinajstić information content (AvgIpc) is 2.65. The summed E-state index contributed by atoms with van der Waals surface area (Å²) in [4.78, 5) is 0. The molecule has 0 radical (unpaired) electrons. The van der Waals surface area contributed by atoms with Gasteiger partial charge in [0, 0.05) is 7.05 Å². The number of nitrogens with one attached hydrogen (secondary N) is 1. The lowest BCUT2D eigenvalue weighted by atomic mass is 10.1. The maximum Gasteiger partial charge on any atom is 0.223 e. The SMILES string of the molecule is Cc1nn(C)c(OC(C)c2ccccc2)c1C(=N)N. The zero-order chi connectivity index (χ0) is 14.0. The Bertz CT molecular complexity index is 589. The van der Waals surface area contributed by atoms with Crippen LogP contribution in [0.4, 0.5) is 0 Å². The van der Waals surface area contributed by atoms with Gasteiger partial charge >= 0.3 is 0 Å². The van der Waals surface area contributed by atoms with Crippen molar-refractivity contribution in [2.75, 3.05) is 0 Å². The third-order valence-electron chi connectivity index (χ3n) is 3.00. The number of amidine groups is 1. The largest absolute Gasteiger partial charge is 0.469 e. The molecule has 0 bridgehead atoms. The molecule has 1 aromatic carbocycles. The standard InChI is InChI=1S/C14H18N4O/c1-9-12(13(15)16)14(18(3)17-9)19-10(2)11-7-5-4-6-8-11/h4-8,10H,1-3H3,(H3,15,16). The number of nitrogens with zero attached hydrogens (tertiary/aromatic N) is 2. The van der Waals surface area contributed by atoms with Gasteiger partial charge in [-0.1, -0.05) is 30.3 Å². The van der Waals surface area contributed by atoms with E-state index in [1.165, 1.54) is 0 Å². The second-order valence-corrected chi connectivity index (χ2v) is 4.47. The molecule has 0 aliphatic rings. The van der Waals surface area contributed by atoms with E-state index in [4.69, 9.17) is 15.9 Å². The van der Waals surface area contributed by atoms with Crippen LogP contribution in [0.3, 0.4) is 0 Å². The second kappa shape index (κ2) is 5.14. The molecule has 0 aliphatic carbocycles. The fourth-order valence-corrected chi connectivity index (χ4v) is 2.04. The van der Waals surface area contributed by atoms with Crippen LogP contribution in [0.5, 0.6) is 5.88 Å². The van der Waals surface area contributed by atoms with Gasteiger partial charge in [-0.05, 0) is 19.4 Å². The fourth-order valence-electron chi connectivity index (χ4n) is 2.04. The second-order valence-electron chi connectivity index (χ2n) is 4.47. The summed E-state index contributed by atoms with van der Waals surface area (Å²) in [5.74, 6) is 0.502. The maximum absolute atomic E-state index is 7.62. The quantitative estimate of drug-likeness (QED) is 0.651. The Morgan fingerprint density at radius 1 is 1.37 bits per heavy atom. The molecule has 2 aromatic rings. The van der Waals surface area contributed by atoms with Crippen LogP contribution in [-0.2, 0) is 7.05 Å². The van der Waals surface area contributed by atoms with E-state index in [-0.39, 0.29) is 11.9 Å². The molecule has 0 amide bonds. The van der Waals surface area contributed by atoms with E-state index in [0.717, 1.165) is 5.56 Å². The molecule has 1 heterocycles. The van der Waals surface area contributed by atoms with Crippen LogP contribution in [-0.4, -0.2) is 15.6 Å². The predicted molar refractivity (Wildman–Crippen MR) is 74.4 cm³/mol. The van der Waals surface area contributed by atoms with E-state index in [2.05, 4.69) is 5.10 Å². The van der Waals surface area contributed by atoms with E-state index in [1.54, 1.807) is 11.7 Å². The molecule has 19 heavy (non-hydrogen) atoms. The highest BCUT2D eigenvalue weighted by Crippen LogP contribution is 2.26. The van der Waals surface area contributed by atoms with E-state index in [0.29, 0.717) is 17.1 Å². The van der Waals surface area contributed by atoms with Gasteiger partial charge in [-0.3, -0.25) is 5.41 Å². The minimum Gasteiger partial charge on any atom is -0.469 e. The predicted octanol–water partition coefficient (Wildman–Crippen LogP) is 2.15. The Hall–Kier alpha value is -2.30. The highest BCUT2D eigenvalue weighted by molar-refractivity contribution is 5.98. The Labute approximate surface area is 112 Å². The van der Waals surface area contributed by atoms with Crippen molar-refractivity contribution in [3.05, 3.63) is 47.2 Å². The van der Waals surface area contributed by atoms with Crippen LogP contribution in [0.1, 0.15) is 29.8 Å². The van der Waals surface area contributed by atoms with Crippen molar-refractivity contribution in [3.8, 4) is 5.88 Å². The number of hydrogen-bond acceptors (Lipinski definition) is 3. The van der Waals surface area contributed by atoms with Crippen molar-refractivity contribution in [1.82, 2.24) is 9.78 Å². The van der Waals surface area contributed by atoms with Gasteiger partial charge < -0.3 is 10.5 Å². The van der Waals surface area contributed by atoms with Gasteiger partial charge in [0.15, 0.2) is 0 Å². The van der Waals surface area contributed by atoms with E-state index < -0.39 is 0 Å². The molecule has 0 saturated heterocycles. The van der Waals surface area contributed by atoms with Crippen LogP contribution in [0, 0.1) is 12.3 Å². The summed E-state index contributed by atoms with van der Waals surface area (Å²) in [6, 6.07) is 9.90. The molecule has 0 saturated carbocycles. The molecule has 0 aliphatic heterocycles. The number of aryl methyl sites for hydroxylation is 2. The number of ether oxygens (including phenoxy) is 1. The zero-order valence-electron chi connectivity index (χ0n) is 11.3. The van der Waals surface area contributed by atoms with Gasteiger partial charge in [-0.2, -0.15) is 5.10 Å². The first kappa shape index (κ1) is 13.1. The lowest BCUT2D eigenvalue weighted by molar-refractivity contribution is 0.206. The topological polar surface area (TPSA) is 76.9 Å². The first-order valence-corrected chi connectivity index (χ1v) is 6.10. The Morgan fingerprint density at radius 3 is 2.58 bits per heavy atom. The minimum atomic E-state index is -0.130. The molecule has 100 valence electrons. The zero-order valence-corrected chi connectivity index (χ0v) is 11.3. The highest BCUT2D eigenvalue weighted by Gasteiger charge is 2.19. The molecular weight excluding hydrogens is 240 g/mol. The molecule has 1 unspecified atom stereocenters. The summed E-state index contributed by atoms with van der Waals surface area (Å²) in [6.45, 7) is 3.78. The summed E-state index contributed by atoms with van der Waals surface area (Å²) < 4.78 is 7.54. The number of hydrogen-bond donors (Lipinski definition) is 2. The lowest BCUT2D eigenvalue weighted by Gasteiger charge is -2.16. The average molecular weight is 258 g/mol. The highest BCUT2D eigenvalue weighted by atomic mass is 16.5. The number of aromatic nitrogens is 2. The molecule has 5 heteroatoms. The molecule has 0 spiro atoms. The third-order valence-corrected chi connectivity index (χ3v) is 3.00. The fraction of sp³-hybridized carbons (Fsp3) is 0.286. The summed E-state index contributed by atoms with van der Waals surface area (Å²) in [5, 5.41) is 11.9.